The average Bonchev–Trinajstić information content (AvgIpc) is 3.37. The summed E-state index contributed by atoms with van der Waals surface area (Å²) in [5.74, 6) is 1.31. The third-order valence-electron chi connectivity index (χ3n) is 4.24. The van der Waals surface area contributed by atoms with Gasteiger partial charge in [-0.1, -0.05) is 12.1 Å². The van der Waals surface area contributed by atoms with Gasteiger partial charge < -0.3 is 5.32 Å². The predicted molar refractivity (Wildman–Crippen MR) is 76.2 cm³/mol. The number of amides is 1. The van der Waals surface area contributed by atoms with Crippen LogP contribution in [0.15, 0.2) is 30.5 Å². The highest BCUT2D eigenvalue weighted by Gasteiger charge is 2.42. The van der Waals surface area contributed by atoms with Crippen molar-refractivity contribution in [1.82, 2.24) is 15.3 Å². The van der Waals surface area contributed by atoms with E-state index in [4.69, 9.17) is 0 Å². The molecule has 4 nitrogen and oxygen atoms in total. The number of fused-ring (bicyclic) bond motifs is 1. The number of nitrogens with one attached hydrogen (secondary N) is 1. The van der Waals surface area contributed by atoms with E-state index in [0.29, 0.717) is 23.6 Å². The first kappa shape index (κ1) is 11.8. The third-order valence-corrected chi connectivity index (χ3v) is 4.24. The van der Waals surface area contributed by atoms with Crippen LogP contribution in [0.3, 0.4) is 0 Å². The molecule has 1 amide bonds. The summed E-state index contributed by atoms with van der Waals surface area (Å²) in [6, 6.07) is 7.98. The van der Waals surface area contributed by atoms with Crippen molar-refractivity contribution in [2.45, 2.75) is 31.7 Å². The van der Waals surface area contributed by atoms with Gasteiger partial charge >= 0.3 is 0 Å². The first-order chi connectivity index (χ1) is 9.81. The Hall–Kier alpha value is -1.97. The molecule has 1 heterocycles. The van der Waals surface area contributed by atoms with E-state index < -0.39 is 0 Å². The fourth-order valence-corrected chi connectivity index (χ4v) is 2.82. The molecule has 0 unspecified atom stereocenters. The van der Waals surface area contributed by atoms with Crippen molar-refractivity contribution in [3.8, 4) is 0 Å². The van der Waals surface area contributed by atoms with Gasteiger partial charge in [-0.15, -0.1) is 0 Å². The molecule has 102 valence electrons. The van der Waals surface area contributed by atoms with E-state index in [9.17, 15) is 4.79 Å². The van der Waals surface area contributed by atoms with Gasteiger partial charge in [0.2, 0.25) is 0 Å². The van der Waals surface area contributed by atoms with Crippen LogP contribution in [-0.2, 0) is 0 Å². The highest BCUT2D eigenvalue weighted by atomic mass is 16.2. The van der Waals surface area contributed by atoms with Crippen LogP contribution in [0, 0.1) is 11.8 Å². The lowest BCUT2D eigenvalue weighted by Gasteiger charge is -2.17. The largest absolute Gasteiger partial charge is 0.347 e. The van der Waals surface area contributed by atoms with E-state index >= 15 is 0 Å². The molecule has 0 atom stereocenters. The second kappa shape index (κ2) is 4.54. The Morgan fingerprint density at radius 1 is 1.10 bits per heavy atom. The maximum atomic E-state index is 12.3. The van der Waals surface area contributed by atoms with Crippen LogP contribution < -0.4 is 5.32 Å². The highest BCUT2D eigenvalue weighted by molar-refractivity contribution is 5.94. The Labute approximate surface area is 117 Å². The standard InChI is InChI=1S/C16H17N3O/c20-16(19-15(10-5-6-10)11-7-8-11)14-9-17-12-3-1-2-4-13(12)18-14/h1-4,9-11,15H,5-8H2,(H,19,20). The Morgan fingerprint density at radius 2 is 1.75 bits per heavy atom. The summed E-state index contributed by atoms with van der Waals surface area (Å²) in [4.78, 5) is 21.1. The number of hydrogen-bond donors (Lipinski definition) is 1. The van der Waals surface area contributed by atoms with Crippen LogP contribution in [0.2, 0.25) is 0 Å². The Morgan fingerprint density at radius 3 is 2.40 bits per heavy atom. The van der Waals surface area contributed by atoms with E-state index in [1.54, 1.807) is 6.20 Å². The smallest absolute Gasteiger partial charge is 0.271 e. The van der Waals surface area contributed by atoms with Crippen LogP contribution in [0.1, 0.15) is 36.2 Å². The number of hydrogen-bond acceptors (Lipinski definition) is 3. The lowest BCUT2D eigenvalue weighted by molar-refractivity contribution is 0.0921. The summed E-state index contributed by atoms with van der Waals surface area (Å²) < 4.78 is 0. The van der Waals surface area contributed by atoms with Crippen molar-refractivity contribution >= 4 is 16.9 Å². The maximum Gasteiger partial charge on any atom is 0.271 e. The molecule has 0 bridgehead atoms. The number of rotatable bonds is 4. The molecule has 20 heavy (non-hydrogen) atoms. The first-order valence-electron chi connectivity index (χ1n) is 7.34. The van der Waals surface area contributed by atoms with E-state index in [1.165, 1.54) is 25.7 Å². The molecule has 1 aromatic carbocycles. The molecule has 0 radical (unpaired) electrons. The van der Waals surface area contributed by atoms with Crippen LogP contribution in [0.4, 0.5) is 0 Å². The van der Waals surface area contributed by atoms with Crippen LogP contribution >= 0.6 is 0 Å². The lowest BCUT2D eigenvalue weighted by Crippen LogP contribution is -2.38. The third kappa shape index (κ3) is 2.26. The summed E-state index contributed by atoms with van der Waals surface area (Å²) >= 11 is 0. The lowest BCUT2D eigenvalue weighted by atomic mass is 10.1. The zero-order chi connectivity index (χ0) is 13.5. The molecular weight excluding hydrogens is 250 g/mol. The highest BCUT2D eigenvalue weighted by Crippen LogP contribution is 2.44. The number of benzene rings is 1. The fraction of sp³-hybridized carbons (Fsp3) is 0.438. The van der Waals surface area contributed by atoms with E-state index in [0.717, 1.165) is 11.0 Å². The molecule has 1 aromatic heterocycles. The molecule has 0 saturated heterocycles. The molecule has 2 aliphatic carbocycles. The second-order valence-corrected chi connectivity index (χ2v) is 5.92. The van der Waals surface area contributed by atoms with E-state index in [-0.39, 0.29) is 5.91 Å². The number of carbonyl (C=O) groups excluding carboxylic acids is 1. The van der Waals surface area contributed by atoms with Gasteiger partial charge in [-0.2, -0.15) is 0 Å². The molecular formula is C16H17N3O. The monoisotopic (exact) mass is 267 g/mol. The zero-order valence-corrected chi connectivity index (χ0v) is 11.2. The van der Waals surface area contributed by atoms with Crippen molar-refractivity contribution in [2.24, 2.45) is 11.8 Å². The molecule has 2 saturated carbocycles. The summed E-state index contributed by atoms with van der Waals surface area (Å²) in [7, 11) is 0. The Kier molecular flexibility index (Phi) is 2.69. The zero-order valence-electron chi connectivity index (χ0n) is 11.2. The van der Waals surface area contributed by atoms with Gasteiger partial charge in [0.25, 0.3) is 5.91 Å². The van der Waals surface area contributed by atoms with Crippen LogP contribution in [0.25, 0.3) is 11.0 Å². The molecule has 4 heteroatoms. The molecule has 0 aliphatic heterocycles. The molecule has 0 spiro atoms. The summed E-state index contributed by atoms with van der Waals surface area (Å²) in [5, 5.41) is 3.18. The van der Waals surface area contributed by atoms with Crippen molar-refractivity contribution in [3.63, 3.8) is 0 Å². The van der Waals surface area contributed by atoms with Crippen molar-refractivity contribution in [1.29, 1.82) is 0 Å². The van der Waals surface area contributed by atoms with Gasteiger partial charge in [0, 0.05) is 6.04 Å². The molecule has 2 aliphatic rings. The van der Waals surface area contributed by atoms with Gasteiger partial charge in [-0.05, 0) is 49.7 Å². The van der Waals surface area contributed by atoms with Gasteiger partial charge in [-0.25, -0.2) is 4.98 Å². The van der Waals surface area contributed by atoms with Gasteiger partial charge in [0.1, 0.15) is 5.69 Å². The van der Waals surface area contributed by atoms with Crippen LogP contribution in [0.5, 0.6) is 0 Å². The minimum Gasteiger partial charge on any atom is -0.347 e. The number of nitrogens with zero attached hydrogens (tertiary/aromatic N) is 2. The predicted octanol–water partition coefficient (Wildman–Crippen LogP) is 2.55. The normalized spacial score (nSPS) is 18.4. The Balaban J connectivity index is 1.56. The first-order valence-corrected chi connectivity index (χ1v) is 7.34. The van der Waals surface area contributed by atoms with Crippen molar-refractivity contribution in [3.05, 3.63) is 36.2 Å². The quantitative estimate of drug-likeness (QED) is 0.926. The Bertz CT molecular complexity index is 650. The summed E-state index contributed by atoms with van der Waals surface area (Å²) in [6.07, 6.45) is 6.60. The molecule has 2 aromatic rings. The summed E-state index contributed by atoms with van der Waals surface area (Å²) in [5.41, 5.74) is 2.02. The molecule has 2 fully saturated rings. The second-order valence-electron chi connectivity index (χ2n) is 5.92. The number of carbonyl (C=O) groups is 1. The average molecular weight is 267 g/mol. The summed E-state index contributed by atoms with van der Waals surface area (Å²) in [6.45, 7) is 0. The number of para-hydroxylation sites is 2. The minimum absolute atomic E-state index is 0.0768. The van der Waals surface area contributed by atoms with Gasteiger partial charge in [0.05, 0.1) is 17.2 Å². The molecule has 1 N–H and O–H groups in total. The van der Waals surface area contributed by atoms with Crippen molar-refractivity contribution in [2.75, 3.05) is 0 Å². The minimum atomic E-state index is -0.0768. The number of aromatic nitrogens is 2. The van der Waals surface area contributed by atoms with E-state index in [2.05, 4.69) is 15.3 Å². The topological polar surface area (TPSA) is 54.9 Å². The van der Waals surface area contributed by atoms with Gasteiger partial charge in [0.15, 0.2) is 0 Å². The fourth-order valence-electron chi connectivity index (χ4n) is 2.82. The SMILES string of the molecule is O=C(NC(C1CC1)C1CC1)c1cnc2ccccc2n1. The van der Waals surface area contributed by atoms with Gasteiger partial charge in [-0.3, -0.25) is 9.78 Å². The molecule has 4 rings (SSSR count). The van der Waals surface area contributed by atoms with E-state index in [1.807, 2.05) is 24.3 Å². The maximum absolute atomic E-state index is 12.3. The van der Waals surface area contributed by atoms with Crippen molar-refractivity contribution < 1.29 is 4.79 Å². The van der Waals surface area contributed by atoms with Crippen LogP contribution in [-0.4, -0.2) is 21.9 Å².